The fourth-order valence-corrected chi connectivity index (χ4v) is 10.6. The summed E-state index contributed by atoms with van der Waals surface area (Å²) in [7, 11) is 0.406. The lowest BCUT2D eigenvalue weighted by atomic mass is 9.82. The van der Waals surface area contributed by atoms with Gasteiger partial charge in [-0.1, -0.05) is 49.0 Å². The van der Waals surface area contributed by atoms with Crippen molar-refractivity contribution in [3.8, 4) is 0 Å². The number of aliphatic hydroxyl groups excluding tert-OH is 2. The van der Waals surface area contributed by atoms with Gasteiger partial charge in [-0.25, -0.2) is 17.9 Å². The van der Waals surface area contributed by atoms with Gasteiger partial charge in [-0.05, 0) is 109 Å². The van der Waals surface area contributed by atoms with Crippen molar-refractivity contribution in [1.29, 1.82) is 0 Å². The molecule has 3 heterocycles. The molecule has 67 heavy (non-hydrogen) atoms. The average Bonchev–Trinajstić information content (AvgIpc) is 3.30. The zero-order chi connectivity index (χ0) is 49.3. The van der Waals surface area contributed by atoms with Crippen molar-refractivity contribution in [1.82, 2.24) is 9.62 Å². The zero-order valence-electron chi connectivity index (χ0n) is 40.3. The van der Waals surface area contributed by atoms with Crippen molar-refractivity contribution in [2.75, 3.05) is 40.2 Å². The lowest BCUT2D eigenvalue weighted by Gasteiger charge is -2.42. The molecule has 18 heteroatoms. The van der Waals surface area contributed by atoms with E-state index in [-0.39, 0.29) is 87.4 Å². The lowest BCUT2D eigenvalue weighted by Crippen LogP contribution is -2.61. The fourth-order valence-electron chi connectivity index (χ4n) is 9.35. The first kappa shape index (κ1) is 56.1. The number of ketones is 3. The number of ether oxygens (including phenoxy) is 5. The molecule has 2 bridgehead atoms. The minimum Gasteiger partial charge on any atom is -0.460 e. The maximum atomic E-state index is 14.2. The van der Waals surface area contributed by atoms with Gasteiger partial charge in [-0.3, -0.25) is 19.2 Å². The molecule has 0 spiro atoms. The third-order valence-corrected chi connectivity index (χ3v) is 15.1. The summed E-state index contributed by atoms with van der Waals surface area (Å²) in [6.45, 7) is 4.91. The summed E-state index contributed by atoms with van der Waals surface area (Å²) in [5.74, 6) is -7.35. The number of sulfonamides is 1. The van der Waals surface area contributed by atoms with Crippen LogP contribution in [0.25, 0.3) is 0 Å². The van der Waals surface area contributed by atoms with Crippen LogP contribution < -0.4 is 4.72 Å². The summed E-state index contributed by atoms with van der Waals surface area (Å²) in [6.07, 6.45) is 10.5. The Labute approximate surface area is 396 Å². The predicted molar refractivity (Wildman–Crippen MR) is 249 cm³/mol. The van der Waals surface area contributed by atoms with Crippen LogP contribution in [0.2, 0.25) is 0 Å². The van der Waals surface area contributed by atoms with Crippen molar-refractivity contribution in [3.05, 3.63) is 47.6 Å². The smallest absolute Gasteiger partial charge is 0.329 e. The predicted octanol–water partition coefficient (Wildman–Crippen LogP) is 4.12. The first-order valence-electron chi connectivity index (χ1n) is 23.9. The molecule has 1 saturated carbocycles. The molecule has 4 N–H and O–H groups in total. The minimum absolute atomic E-state index is 0.0152. The van der Waals surface area contributed by atoms with Crippen molar-refractivity contribution < 1.29 is 71.4 Å². The highest BCUT2D eigenvalue weighted by molar-refractivity contribution is 7.89. The Hall–Kier alpha value is -3.46. The van der Waals surface area contributed by atoms with E-state index in [1.54, 1.807) is 52.2 Å². The largest absolute Gasteiger partial charge is 0.460 e. The third-order valence-electron chi connectivity index (χ3n) is 13.7. The van der Waals surface area contributed by atoms with Gasteiger partial charge < -0.3 is 43.9 Å². The number of Topliss-reactive ketones (excluding diaryl/α,β-unsaturated/α-hetero) is 3. The first-order chi connectivity index (χ1) is 31.8. The number of piperidine rings is 1. The van der Waals surface area contributed by atoms with Crippen LogP contribution >= 0.6 is 0 Å². The van der Waals surface area contributed by atoms with Gasteiger partial charge in [0.05, 0.1) is 30.7 Å². The molecule has 1 amide bonds. The van der Waals surface area contributed by atoms with Crippen LogP contribution in [0, 0.1) is 11.8 Å². The molecule has 378 valence electrons. The summed E-state index contributed by atoms with van der Waals surface area (Å²) in [5.41, 5.74) is 0.967. The van der Waals surface area contributed by atoms with Crippen LogP contribution in [0.1, 0.15) is 124 Å². The summed E-state index contributed by atoms with van der Waals surface area (Å²) >= 11 is 0. The van der Waals surface area contributed by atoms with Gasteiger partial charge in [0.2, 0.25) is 15.8 Å². The van der Waals surface area contributed by atoms with E-state index < -0.39 is 82.0 Å². The van der Waals surface area contributed by atoms with Crippen molar-refractivity contribution in [3.63, 3.8) is 0 Å². The molecule has 0 aromatic heterocycles. The van der Waals surface area contributed by atoms with Gasteiger partial charge in [-0.2, -0.15) is 0 Å². The fraction of sp³-hybridized carbons (Fsp3) is 0.735. The minimum atomic E-state index is -3.87. The number of cyclic esters (lactones) is 1. The van der Waals surface area contributed by atoms with Crippen LogP contribution in [0.5, 0.6) is 0 Å². The molecule has 3 fully saturated rings. The van der Waals surface area contributed by atoms with Crippen LogP contribution in [0.15, 0.2) is 47.6 Å². The van der Waals surface area contributed by atoms with E-state index in [2.05, 4.69) is 4.72 Å². The molecule has 0 unspecified atom stereocenters. The number of allylic oxidation sites excluding steroid dienone is 6. The number of amides is 1. The molecule has 0 aromatic carbocycles. The molecule has 0 aromatic rings. The van der Waals surface area contributed by atoms with Gasteiger partial charge in [0.1, 0.15) is 30.1 Å². The molecule has 17 nitrogen and oxygen atoms in total. The highest BCUT2D eigenvalue weighted by Crippen LogP contribution is 2.37. The number of fused-ring (bicyclic) bond motifs is 3. The van der Waals surface area contributed by atoms with E-state index in [1.807, 2.05) is 6.08 Å². The van der Waals surface area contributed by atoms with E-state index in [9.17, 15) is 47.7 Å². The van der Waals surface area contributed by atoms with Crippen LogP contribution in [0.3, 0.4) is 0 Å². The Morgan fingerprint density at radius 3 is 2.37 bits per heavy atom. The van der Waals surface area contributed by atoms with Gasteiger partial charge >= 0.3 is 5.97 Å². The number of aliphatic hydroxyl groups is 3. The van der Waals surface area contributed by atoms with Gasteiger partial charge in [-0.15, -0.1) is 0 Å². The molecule has 1 aliphatic carbocycles. The summed E-state index contributed by atoms with van der Waals surface area (Å²) in [5, 5.41) is 33.5. The Morgan fingerprint density at radius 2 is 1.66 bits per heavy atom. The molecule has 0 radical (unpaired) electrons. The molecular formula is C49H76N2O15S. The molecule has 4 rings (SSSR count). The molecule has 4 aliphatic rings. The topological polar surface area (TPSA) is 242 Å². The standard InChI is InChI=1S/C49H76N2O15S/c1-32-15-11-9-7-8-10-12-17-42(54)45(64-6)44(55)33(2)18-22-36(52)30-37(24-20-35-21-25-41(53)43(29-35)63-5)65-48(58)40-16-13-14-26-51(40)47(57)46(56)49(59)34(3)19-23-38(66-49)31-39(32)50-67(60,61)28-27-62-4/h7-9,11,15,18,34-35,37-41,43-45,50,53,55,59H,10,12-14,16-17,19-31H2,1-6H3/b8-7+,11-9?,32-15?,33-18+/t34-,35-,37-,38+,39+,40+,41-,43-,44-,45+,49-/m1/s1. The highest BCUT2D eigenvalue weighted by Gasteiger charge is 2.53. The lowest BCUT2D eigenvalue weighted by molar-refractivity contribution is -0.264. The number of methoxy groups -OCH3 is 3. The SMILES string of the molecule is COCCS(=O)(=O)N[C@H]1C[C@@H]2CC[C@@H](C)[C@@](O)(O2)C(=O)C(=O)N2CCCC[C@H]2C(=O)O[C@H](CC[C@@H]2CC[C@@H](O)[C@H](OC)C2)CC(=O)C/C=C(\C)[C@@H](O)[C@@H](OC)C(=O)CCC/C=C/C=CC=C1C. The summed E-state index contributed by atoms with van der Waals surface area (Å²) < 4.78 is 57.1. The molecule has 11 atom stereocenters. The number of hydrogen-bond donors (Lipinski definition) is 4. The Morgan fingerprint density at radius 1 is 0.896 bits per heavy atom. The van der Waals surface area contributed by atoms with E-state index in [4.69, 9.17) is 23.7 Å². The van der Waals surface area contributed by atoms with Crippen LogP contribution in [-0.4, -0.2) is 153 Å². The molecular weight excluding hydrogens is 889 g/mol. The normalized spacial score (nSPS) is 34.7. The van der Waals surface area contributed by atoms with Crippen molar-refractivity contribution in [2.45, 2.75) is 178 Å². The highest BCUT2D eigenvalue weighted by atomic mass is 32.2. The van der Waals surface area contributed by atoms with Crippen molar-refractivity contribution in [2.24, 2.45) is 11.8 Å². The number of carbonyl (C=O) groups is 5. The third kappa shape index (κ3) is 16.6. The number of esters is 1. The number of rotatable bonds is 10. The molecule has 3 aliphatic heterocycles. The van der Waals surface area contributed by atoms with Gasteiger partial charge in [0.25, 0.3) is 11.7 Å². The van der Waals surface area contributed by atoms with Crippen LogP contribution in [0.4, 0.5) is 0 Å². The Bertz CT molecular complexity index is 1920. The second kappa shape index (κ2) is 27.1. The molecule has 2 saturated heterocycles. The Kier molecular flexibility index (Phi) is 22.7. The maximum Gasteiger partial charge on any atom is 0.329 e. The number of nitrogens with one attached hydrogen (secondary N) is 1. The summed E-state index contributed by atoms with van der Waals surface area (Å²) in [6, 6.07) is -2.03. The van der Waals surface area contributed by atoms with E-state index in [0.717, 1.165) is 4.90 Å². The number of nitrogens with zero attached hydrogens (tertiary/aromatic N) is 1. The second-order valence-electron chi connectivity index (χ2n) is 18.7. The Balaban J connectivity index is 1.67. The van der Waals surface area contributed by atoms with E-state index in [0.29, 0.717) is 68.9 Å². The average molecular weight is 965 g/mol. The second-order valence-corrected chi connectivity index (χ2v) is 20.6. The monoisotopic (exact) mass is 964 g/mol. The zero-order valence-corrected chi connectivity index (χ0v) is 41.1. The van der Waals surface area contributed by atoms with Crippen LogP contribution in [-0.2, 0) is 57.7 Å². The number of hydrogen-bond acceptors (Lipinski definition) is 15. The maximum absolute atomic E-state index is 14.2. The summed E-state index contributed by atoms with van der Waals surface area (Å²) in [4.78, 5) is 70.6. The number of carbonyl (C=O) groups excluding carboxylic acids is 5. The van der Waals surface area contributed by atoms with Gasteiger partial charge in [0.15, 0.2) is 5.78 Å². The van der Waals surface area contributed by atoms with Crippen molar-refractivity contribution >= 4 is 39.2 Å². The van der Waals surface area contributed by atoms with Gasteiger partial charge in [0, 0.05) is 59.1 Å². The quantitative estimate of drug-likeness (QED) is 0.137. The van der Waals surface area contributed by atoms with E-state index in [1.165, 1.54) is 20.3 Å². The van der Waals surface area contributed by atoms with E-state index >= 15 is 0 Å². The first-order valence-corrected chi connectivity index (χ1v) is 25.6.